The zero-order valence-electron chi connectivity index (χ0n) is 13.8. The second-order valence-electron chi connectivity index (χ2n) is 5.29. The summed E-state index contributed by atoms with van der Waals surface area (Å²) in [4.78, 5) is 17.2. The standard InChI is InChI=1S/C19H20N2O2S/c1-3-21-16-13-9-8-12-15(16)20-19(21)24-17(18(22)23-4-2)14-10-6-5-7-11-14/h5-13,17H,3-4H2,1-2H3. The summed E-state index contributed by atoms with van der Waals surface area (Å²) in [7, 11) is 0. The molecule has 0 aliphatic carbocycles. The van der Waals surface area contributed by atoms with Crippen LogP contribution < -0.4 is 0 Å². The topological polar surface area (TPSA) is 44.1 Å². The van der Waals surface area contributed by atoms with E-state index in [2.05, 4.69) is 17.6 Å². The third-order valence-corrected chi connectivity index (χ3v) is 4.98. The summed E-state index contributed by atoms with van der Waals surface area (Å²) >= 11 is 1.44. The molecule has 1 unspecified atom stereocenters. The third-order valence-electron chi connectivity index (χ3n) is 3.76. The molecular formula is C19H20N2O2S. The van der Waals surface area contributed by atoms with Gasteiger partial charge in [0.2, 0.25) is 0 Å². The summed E-state index contributed by atoms with van der Waals surface area (Å²) in [5.74, 6) is -0.233. The van der Waals surface area contributed by atoms with Gasteiger partial charge in [-0.2, -0.15) is 0 Å². The fraction of sp³-hybridized carbons (Fsp3) is 0.263. The number of nitrogens with zero attached hydrogens (tertiary/aromatic N) is 2. The molecule has 1 atom stereocenters. The lowest BCUT2D eigenvalue weighted by Crippen LogP contribution is -2.14. The maximum Gasteiger partial charge on any atom is 0.324 e. The molecule has 0 N–H and O–H groups in total. The highest BCUT2D eigenvalue weighted by Gasteiger charge is 2.26. The van der Waals surface area contributed by atoms with E-state index in [0.717, 1.165) is 28.3 Å². The Labute approximate surface area is 145 Å². The van der Waals surface area contributed by atoms with Crippen LogP contribution in [-0.2, 0) is 16.1 Å². The van der Waals surface area contributed by atoms with Crippen LogP contribution in [0.25, 0.3) is 11.0 Å². The van der Waals surface area contributed by atoms with E-state index in [9.17, 15) is 4.79 Å². The van der Waals surface area contributed by atoms with Gasteiger partial charge < -0.3 is 9.30 Å². The first-order valence-electron chi connectivity index (χ1n) is 8.08. The first-order chi connectivity index (χ1) is 11.7. The van der Waals surface area contributed by atoms with Crippen molar-refractivity contribution in [2.24, 2.45) is 0 Å². The van der Waals surface area contributed by atoms with Gasteiger partial charge in [0.15, 0.2) is 5.16 Å². The zero-order chi connectivity index (χ0) is 16.9. The molecular weight excluding hydrogens is 320 g/mol. The van der Waals surface area contributed by atoms with Crippen molar-refractivity contribution in [2.75, 3.05) is 6.61 Å². The second kappa shape index (κ2) is 7.53. The lowest BCUT2D eigenvalue weighted by atomic mass is 10.1. The molecule has 124 valence electrons. The van der Waals surface area contributed by atoms with Gasteiger partial charge in [0.25, 0.3) is 0 Å². The van der Waals surface area contributed by atoms with Gasteiger partial charge >= 0.3 is 5.97 Å². The van der Waals surface area contributed by atoms with Crippen LogP contribution in [0, 0.1) is 0 Å². The number of ether oxygens (including phenoxy) is 1. The molecule has 1 aromatic heterocycles. The molecule has 4 nitrogen and oxygen atoms in total. The van der Waals surface area contributed by atoms with E-state index in [-0.39, 0.29) is 5.97 Å². The van der Waals surface area contributed by atoms with Crippen molar-refractivity contribution in [3.8, 4) is 0 Å². The van der Waals surface area contributed by atoms with Crippen LogP contribution in [0.5, 0.6) is 0 Å². The minimum atomic E-state index is -0.423. The number of carbonyl (C=O) groups excluding carboxylic acids is 1. The molecule has 0 aliphatic heterocycles. The molecule has 0 saturated heterocycles. The number of thioether (sulfide) groups is 1. The monoisotopic (exact) mass is 340 g/mol. The van der Waals surface area contributed by atoms with Gasteiger partial charge in [-0.15, -0.1) is 0 Å². The molecule has 24 heavy (non-hydrogen) atoms. The molecule has 0 bridgehead atoms. The van der Waals surface area contributed by atoms with Crippen LogP contribution in [0.15, 0.2) is 59.8 Å². The van der Waals surface area contributed by atoms with Gasteiger partial charge in [-0.25, -0.2) is 4.98 Å². The number of fused-ring (bicyclic) bond motifs is 1. The highest BCUT2D eigenvalue weighted by molar-refractivity contribution is 8.00. The molecule has 0 saturated carbocycles. The fourth-order valence-electron chi connectivity index (χ4n) is 2.65. The van der Waals surface area contributed by atoms with Gasteiger partial charge in [-0.05, 0) is 31.5 Å². The maximum absolute atomic E-state index is 12.5. The van der Waals surface area contributed by atoms with Crippen molar-refractivity contribution in [1.29, 1.82) is 0 Å². The summed E-state index contributed by atoms with van der Waals surface area (Å²) in [6, 6.07) is 17.7. The number of para-hydroxylation sites is 2. The molecule has 0 fully saturated rings. The first-order valence-corrected chi connectivity index (χ1v) is 8.96. The van der Waals surface area contributed by atoms with Gasteiger partial charge in [0, 0.05) is 6.54 Å². The summed E-state index contributed by atoms with van der Waals surface area (Å²) < 4.78 is 7.42. The van der Waals surface area contributed by atoms with Crippen LogP contribution in [0.3, 0.4) is 0 Å². The molecule has 3 rings (SSSR count). The summed E-state index contributed by atoms with van der Waals surface area (Å²) in [6.45, 7) is 5.08. The van der Waals surface area contributed by atoms with Crippen molar-refractivity contribution in [3.63, 3.8) is 0 Å². The molecule has 0 amide bonds. The number of imidazole rings is 1. The number of carbonyl (C=O) groups is 1. The average molecular weight is 340 g/mol. The van der Waals surface area contributed by atoms with Crippen LogP contribution >= 0.6 is 11.8 Å². The van der Waals surface area contributed by atoms with E-state index in [1.807, 2.05) is 55.5 Å². The molecule has 2 aromatic carbocycles. The Balaban J connectivity index is 2.00. The zero-order valence-corrected chi connectivity index (χ0v) is 14.6. The van der Waals surface area contributed by atoms with Crippen molar-refractivity contribution in [1.82, 2.24) is 9.55 Å². The predicted octanol–water partition coefficient (Wildman–Crippen LogP) is 4.45. The van der Waals surface area contributed by atoms with E-state index in [4.69, 9.17) is 9.72 Å². The number of rotatable bonds is 6. The van der Waals surface area contributed by atoms with Crippen molar-refractivity contribution < 1.29 is 9.53 Å². The van der Waals surface area contributed by atoms with Crippen LogP contribution in [0.2, 0.25) is 0 Å². The third kappa shape index (κ3) is 3.31. The Kier molecular flexibility index (Phi) is 5.20. The van der Waals surface area contributed by atoms with Gasteiger partial charge in [-0.3, -0.25) is 4.79 Å². The minimum Gasteiger partial charge on any atom is -0.465 e. The molecule has 3 aromatic rings. The summed E-state index contributed by atoms with van der Waals surface area (Å²) in [5.41, 5.74) is 2.95. The van der Waals surface area contributed by atoms with E-state index < -0.39 is 5.25 Å². The number of hydrogen-bond donors (Lipinski definition) is 0. The van der Waals surface area contributed by atoms with E-state index in [1.54, 1.807) is 0 Å². The predicted molar refractivity (Wildman–Crippen MR) is 97.1 cm³/mol. The Bertz CT molecular complexity index is 830. The normalized spacial score (nSPS) is 12.2. The number of benzene rings is 2. The highest BCUT2D eigenvalue weighted by Crippen LogP contribution is 2.37. The molecule has 5 heteroatoms. The second-order valence-corrected chi connectivity index (χ2v) is 6.36. The van der Waals surface area contributed by atoms with Gasteiger partial charge in [-0.1, -0.05) is 54.2 Å². The number of aromatic nitrogens is 2. The summed E-state index contributed by atoms with van der Waals surface area (Å²) in [5, 5.41) is 0.411. The van der Waals surface area contributed by atoms with Gasteiger partial charge in [0.1, 0.15) is 5.25 Å². The van der Waals surface area contributed by atoms with Crippen molar-refractivity contribution >= 4 is 28.8 Å². The van der Waals surface area contributed by atoms with Crippen molar-refractivity contribution in [2.45, 2.75) is 30.8 Å². The average Bonchev–Trinajstić information content (AvgIpc) is 2.97. The molecule has 1 heterocycles. The lowest BCUT2D eigenvalue weighted by molar-refractivity contribution is -0.142. The number of hydrogen-bond acceptors (Lipinski definition) is 4. The van der Waals surface area contributed by atoms with Crippen molar-refractivity contribution in [3.05, 3.63) is 60.2 Å². The van der Waals surface area contributed by atoms with Gasteiger partial charge in [0.05, 0.1) is 17.6 Å². The van der Waals surface area contributed by atoms with Crippen LogP contribution in [-0.4, -0.2) is 22.1 Å². The van der Waals surface area contributed by atoms with Crippen LogP contribution in [0.1, 0.15) is 24.7 Å². The Morgan fingerprint density at radius 2 is 1.83 bits per heavy atom. The smallest absolute Gasteiger partial charge is 0.324 e. The number of esters is 1. The van der Waals surface area contributed by atoms with Crippen LogP contribution in [0.4, 0.5) is 0 Å². The number of aryl methyl sites for hydroxylation is 1. The Hall–Kier alpha value is -2.27. The Morgan fingerprint density at radius 1 is 1.12 bits per heavy atom. The minimum absolute atomic E-state index is 0.233. The highest BCUT2D eigenvalue weighted by atomic mass is 32.2. The van der Waals surface area contributed by atoms with E-state index in [0.29, 0.717) is 6.61 Å². The quantitative estimate of drug-likeness (QED) is 0.491. The largest absolute Gasteiger partial charge is 0.465 e. The molecule has 0 aliphatic rings. The molecule has 0 spiro atoms. The SMILES string of the molecule is CCOC(=O)C(Sc1nc2ccccc2n1CC)c1ccccc1. The van der Waals surface area contributed by atoms with E-state index in [1.165, 1.54) is 11.8 Å². The fourth-order valence-corrected chi connectivity index (χ4v) is 3.83. The van der Waals surface area contributed by atoms with E-state index >= 15 is 0 Å². The first kappa shape index (κ1) is 16.6. The molecule has 0 radical (unpaired) electrons. The Morgan fingerprint density at radius 3 is 2.54 bits per heavy atom. The lowest BCUT2D eigenvalue weighted by Gasteiger charge is -2.16. The summed E-state index contributed by atoms with van der Waals surface area (Å²) in [6.07, 6.45) is 0. The maximum atomic E-state index is 12.5.